The summed E-state index contributed by atoms with van der Waals surface area (Å²) < 4.78 is 12.9. The van der Waals surface area contributed by atoms with E-state index in [1.54, 1.807) is 13.0 Å². The van der Waals surface area contributed by atoms with Gasteiger partial charge in [0.05, 0.1) is 19.7 Å². The second kappa shape index (κ2) is 7.59. The third-order valence-electron chi connectivity index (χ3n) is 5.12. The van der Waals surface area contributed by atoms with E-state index in [4.69, 9.17) is 9.15 Å². The molecule has 0 bridgehead atoms. The maximum absolute atomic E-state index is 11.7. The Bertz CT molecular complexity index is 761. The molecule has 1 fully saturated rings. The molecule has 0 saturated carbocycles. The van der Waals surface area contributed by atoms with Crippen molar-refractivity contribution in [2.24, 2.45) is 0 Å². The zero-order valence-electron chi connectivity index (χ0n) is 15.1. The van der Waals surface area contributed by atoms with E-state index in [-0.39, 0.29) is 5.76 Å². The number of carbonyl (C=O) groups is 1. The number of nitrogens with zero attached hydrogens (tertiary/aromatic N) is 4. The first-order valence-corrected chi connectivity index (χ1v) is 9.35. The lowest BCUT2D eigenvalue weighted by Crippen LogP contribution is -2.34. The monoisotopic (exact) mass is 359 g/mol. The summed E-state index contributed by atoms with van der Waals surface area (Å²) in [5, 5.41) is 12.1. The molecule has 4 rings (SSSR count). The topological polar surface area (TPSA) is 85.4 Å². The van der Waals surface area contributed by atoms with Crippen LogP contribution in [0.2, 0.25) is 0 Å². The smallest absolute Gasteiger partial charge is 0.374 e. The van der Waals surface area contributed by atoms with Gasteiger partial charge in [-0.3, -0.25) is 4.90 Å². The first-order chi connectivity index (χ1) is 12.7. The highest BCUT2D eigenvalue weighted by Crippen LogP contribution is 2.28. The summed E-state index contributed by atoms with van der Waals surface area (Å²) in [6.07, 6.45) is 2.13. The van der Waals surface area contributed by atoms with Crippen molar-refractivity contribution in [1.82, 2.24) is 25.0 Å². The van der Waals surface area contributed by atoms with Gasteiger partial charge in [0.2, 0.25) is 5.76 Å². The number of piperidine rings is 1. The summed E-state index contributed by atoms with van der Waals surface area (Å²) in [4.78, 5) is 14.1. The van der Waals surface area contributed by atoms with E-state index in [2.05, 4.69) is 25.0 Å². The molecular weight excluding hydrogens is 334 g/mol. The molecule has 1 saturated heterocycles. The van der Waals surface area contributed by atoms with Crippen LogP contribution >= 0.6 is 0 Å². The standard InChI is InChI=1S/C18H25N5O3/c1-2-25-18(24)15-4-3-14(26-15)12-22-8-5-13(6-9-22)17-21-20-16-11-19-7-10-23(16)17/h3-4,13,19H,2,5-12H2,1H3. The lowest BCUT2D eigenvalue weighted by atomic mass is 9.95. The summed E-state index contributed by atoms with van der Waals surface area (Å²) in [6.45, 7) is 7.58. The molecule has 0 atom stereocenters. The van der Waals surface area contributed by atoms with Crippen molar-refractivity contribution in [3.63, 3.8) is 0 Å². The van der Waals surface area contributed by atoms with Crippen LogP contribution in [0, 0.1) is 0 Å². The van der Waals surface area contributed by atoms with E-state index >= 15 is 0 Å². The number of carbonyl (C=O) groups excluding carboxylic acids is 1. The molecule has 0 aromatic carbocycles. The number of esters is 1. The van der Waals surface area contributed by atoms with Gasteiger partial charge in [-0.25, -0.2) is 4.79 Å². The van der Waals surface area contributed by atoms with Crippen LogP contribution in [0.1, 0.15) is 53.6 Å². The molecule has 8 heteroatoms. The maximum Gasteiger partial charge on any atom is 0.374 e. The fraction of sp³-hybridized carbons (Fsp3) is 0.611. The largest absolute Gasteiger partial charge is 0.460 e. The summed E-state index contributed by atoms with van der Waals surface area (Å²) >= 11 is 0. The lowest BCUT2D eigenvalue weighted by molar-refractivity contribution is 0.0485. The highest BCUT2D eigenvalue weighted by Gasteiger charge is 2.27. The summed E-state index contributed by atoms with van der Waals surface area (Å²) in [5.41, 5.74) is 0. The van der Waals surface area contributed by atoms with Gasteiger partial charge in [-0.05, 0) is 45.0 Å². The Hall–Kier alpha value is -2.19. The molecule has 1 N–H and O–H groups in total. The highest BCUT2D eigenvalue weighted by atomic mass is 16.5. The number of rotatable bonds is 5. The molecule has 4 heterocycles. The minimum Gasteiger partial charge on any atom is -0.460 e. The summed E-state index contributed by atoms with van der Waals surface area (Å²) in [7, 11) is 0. The van der Waals surface area contributed by atoms with Crippen molar-refractivity contribution in [2.75, 3.05) is 26.2 Å². The molecule has 2 aromatic heterocycles. The van der Waals surface area contributed by atoms with Crippen LogP contribution in [-0.4, -0.2) is 51.9 Å². The fourth-order valence-electron chi connectivity index (χ4n) is 3.76. The van der Waals surface area contributed by atoms with Crippen LogP contribution in [0.15, 0.2) is 16.5 Å². The van der Waals surface area contributed by atoms with E-state index in [0.29, 0.717) is 19.1 Å². The average molecular weight is 359 g/mol. The molecule has 2 aliphatic rings. The first kappa shape index (κ1) is 17.2. The molecule has 0 spiro atoms. The quantitative estimate of drug-likeness (QED) is 0.810. The molecule has 8 nitrogen and oxygen atoms in total. The Balaban J connectivity index is 1.33. The second-order valence-corrected chi connectivity index (χ2v) is 6.84. The van der Waals surface area contributed by atoms with E-state index in [1.807, 2.05) is 6.07 Å². The number of likely N-dealkylation sites (tertiary alicyclic amines) is 1. The van der Waals surface area contributed by atoms with Gasteiger partial charge >= 0.3 is 5.97 Å². The third kappa shape index (κ3) is 3.52. The van der Waals surface area contributed by atoms with Crippen molar-refractivity contribution in [1.29, 1.82) is 0 Å². The van der Waals surface area contributed by atoms with Gasteiger partial charge in [-0.15, -0.1) is 10.2 Å². The second-order valence-electron chi connectivity index (χ2n) is 6.84. The highest BCUT2D eigenvalue weighted by molar-refractivity contribution is 5.86. The Labute approximate surface area is 152 Å². The van der Waals surface area contributed by atoms with Gasteiger partial charge < -0.3 is 19.0 Å². The van der Waals surface area contributed by atoms with Gasteiger partial charge in [0, 0.05) is 19.0 Å². The molecular formula is C18H25N5O3. The number of fused-ring (bicyclic) bond motifs is 1. The van der Waals surface area contributed by atoms with Gasteiger partial charge in [0.25, 0.3) is 0 Å². The predicted octanol–water partition coefficient (Wildman–Crippen LogP) is 1.53. The average Bonchev–Trinajstić information content (AvgIpc) is 3.30. The zero-order valence-corrected chi connectivity index (χ0v) is 15.1. The normalized spacial score (nSPS) is 18.7. The Morgan fingerprint density at radius 1 is 1.31 bits per heavy atom. The van der Waals surface area contributed by atoms with Crippen molar-refractivity contribution in [3.8, 4) is 0 Å². The molecule has 0 radical (unpaired) electrons. The van der Waals surface area contributed by atoms with Crippen LogP contribution < -0.4 is 5.32 Å². The SMILES string of the molecule is CCOC(=O)c1ccc(CN2CCC(c3nnc4n3CCNC4)CC2)o1. The van der Waals surface area contributed by atoms with E-state index in [1.165, 1.54) is 0 Å². The molecule has 26 heavy (non-hydrogen) atoms. The van der Waals surface area contributed by atoms with Crippen molar-refractivity contribution in [3.05, 3.63) is 35.3 Å². The zero-order chi connectivity index (χ0) is 17.9. The minimum absolute atomic E-state index is 0.278. The summed E-state index contributed by atoms with van der Waals surface area (Å²) in [5.74, 6) is 3.35. The Kier molecular flexibility index (Phi) is 5.03. The maximum atomic E-state index is 11.7. The van der Waals surface area contributed by atoms with Gasteiger partial charge in [0.1, 0.15) is 17.4 Å². The van der Waals surface area contributed by atoms with Crippen molar-refractivity contribution >= 4 is 5.97 Å². The van der Waals surface area contributed by atoms with Crippen molar-refractivity contribution in [2.45, 2.75) is 45.3 Å². The Morgan fingerprint density at radius 2 is 2.15 bits per heavy atom. The number of ether oxygens (including phenoxy) is 1. The molecule has 140 valence electrons. The number of aromatic nitrogens is 3. The number of nitrogens with one attached hydrogen (secondary N) is 1. The molecule has 2 aliphatic heterocycles. The number of hydrogen-bond donors (Lipinski definition) is 1. The first-order valence-electron chi connectivity index (χ1n) is 9.35. The fourth-order valence-corrected chi connectivity index (χ4v) is 3.76. The van der Waals surface area contributed by atoms with E-state index in [0.717, 1.165) is 63.0 Å². The van der Waals surface area contributed by atoms with E-state index in [9.17, 15) is 4.79 Å². The molecule has 2 aromatic rings. The van der Waals surface area contributed by atoms with E-state index < -0.39 is 5.97 Å². The molecule has 0 amide bonds. The van der Waals surface area contributed by atoms with Crippen LogP contribution in [0.3, 0.4) is 0 Å². The number of furan rings is 1. The van der Waals surface area contributed by atoms with Crippen molar-refractivity contribution < 1.29 is 13.9 Å². The molecule has 0 unspecified atom stereocenters. The number of hydrogen-bond acceptors (Lipinski definition) is 7. The van der Waals surface area contributed by atoms with Gasteiger partial charge in [0.15, 0.2) is 0 Å². The molecule has 0 aliphatic carbocycles. The summed E-state index contributed by atoms with van der Waals surface area (Å²) in [6, 6.07) is 3.55. The van der Waals surface area contributed by atoms with Gasteiger partial charge in [-0.1, -0.05) is 0 Å². The van der Waals surface area contributed by atoms with Crippen LogP contribution in [0.5, 0.6) is 0 Å². The third-order valence-corrected chi connectivity index (χ3v) is 5.12. The lowest BCUT2D eigenvalue weighted by Gasteiger charge is -2.31. The predicted molar refractivity (Wildman–Crippen MR) is 93.6 cm³/mol. The van der Waals surface area contributed by atoms with Crippen LogP contribution in [-0.2, 0) is 24.4 Å². The Morgan fingerprint density at radius 3 is 2.96 bits per heavy atom. The minimum atomic E-state index is -0.400. The van der Waals surface area contributed by atoms with Gasteiger partial charge in [-0.2, -0.15) is 0 Å². The van der Waals surface area contributed by atoms with Crippen LogP contribution in [0.4, 0.5) is 0 Å². The van der Waals surface area contributed by atoms with Crippen LogP contribution in [0.25, 0.3) is 0 Å².